The van der Waals surface area contributed by atoms with Gasteiger partial charge in [-0.2, -0.15) is 0 Å². The molecule has 0 fully saturated rings. The fraction of sp³-hybridized carbons (Fsp3) is 0.182. The van der Waals surface area contributed by atoms with Crippen LogP contribution in [0.25, 0.3) is 0 Å². The summed E-state index contributed by atoms with van der Waals surface area (Å²) in [6.45, 7) is 1.85. The molecule has 1 atom stereocenters. The first-order chi connectivity index (χ1) is 7.68. The van der Waals surface area contributed by atoms with Gasteiger partial charge in [-0.15, -0.1) is 11.3 Å². The van der Waals surface area contributed by atoms with Crippen LogP contribution in [0, 0.1) is 5.82 Å². The zero-order valence-corrected chi connectivity index (χ0v) is 10.3. The fourth-order valence-electron chi connectivity index (χ4n) is 1.34. The lowest BCUT2D eigenvalue weighted by molar-refractivity contribution is 0.591. The van der Waals surface area contributed by atoms with E-state index in [9.17, 15) is 4.39 Å². The van der Waals surface area contributed by atoms with Crippen molar-refractivity contribution in [2.45, 2.75) is 22.2 Å². The van der Waals surface area contributed by atoms with E-state index in [1.165, 1.54) is 29.2 Å². The summed E-state index contributed by atoms with van der Waals surface area (Å²) in [7, 11) is 0. The fourth-order valence-corrected chi connectivity index (χ4v) is 3.13. The molecule has 2 aromatic rings. The van der Waals surface area contributed by atoms with E-state index in [4.69, 9.17) is 5.73 Å². The topological polar surface area (TPSA) is 38.9 Å². The molecule has 0 saturated carbocycles. The van der Waals surface area contributed by atoms with Gasteiger partial charge in [-0.1, -0.05) is 23.9 Å². The van der Waals surface area contributed by atoms with Gasteiger partial charge in [0.05, 0.1) is 4.90 Å². The molecule has 1 aromatic carbocycles. The number of hydrogen-bond acceptors (Lipinski definition) is 4. The Morgan fingerprint density at radius 2 is 2.31 bits per heavy atom. The standard InChI is InChI=1S/C11H11FN2S2/c1-7(13)8-3-2-4-9(12)10(8)16-11-14-5-6-15-11/h2-7H,13H2,1H3. The summed E-state index contributed by atoms with van der Waals surface area (Å²) >= 11 is 2.82. The monoisotopic (exact) mass is 254 g/mol. The van der Waals surface area contributed by atoms with Crippen LogP contribution < -0.4 is 5.73 Å². The first-order valence-electron chi connectivity index (χ1n) is 4.80. The molecule has 1 unspecified atom stereocenters. The van der Waals surface area contributed by atoms with Gasteiger partial charge in [0.25, 0.3) is 0 Å². The molecule has 0 radical (unpaired) electrons. The van der Waals surface area contributed by atoms with E-state index >= 15 is 0 Å². The number of halogens is 1. The Hall–Kier alpha value is -0.910. The van der Waals surface area contributed by atoms with Crippen molar-refractivity contribution >= 4 is 23.1 Å². The Balaban J connectivity index is 2.38. The van der Waals surface area contributed by atoms with Gasteiger partial charge in [0.1, 0.15) is 5.82 Å². The van der Waals surface area contributed by atoms with E-state index < -0.39 is 0 Å². The molecule has 0 amide bonds. The highest BCUT2D eigenvalue weighted by Crippen LogP contribution is 2.35. The number of rotatable bonds is 3. The number of benzene rings is 1. The summed E-state index contributed by atoms with van der Waals surface area (Å²) in [6.07, 6.45) is 1.71. The largest absolute Gasteiger partial charge is 0.324 e. The second-order valence-electron chi connectivity index (χ2n) is 3.35. The molecule has 0 saturated heterocycles. The van der Waals surface area contributed by atoms with E-state index in [0.717, 1.165) is 9.90 Å². The maximum Gasteiger partial charge on any atom is 0.154 e. The molecule has 2 nitrogen and oxygen atoms in total. The van der Waals surface area contributed by atoms with Gasteiger partial charge in [0.2, 0.25) is 0 Å². The molecule has 0 aliphatic heterocycles. The van der Waals surface area contributed by atoms with E-state index in [1.54, 1.807) is 12.3 Å². The average Bonchev–Trinajstić information content (AvgIpc) is 2.73. The molecule has 0 spiro atoms. The van der Waals surface area contributed by atoms with Gasteiger partial charge in [-0.25, -0.2) is 9.37 Å². The van der Waals surface area contributed by atoms with E-state index in [0.29, 0.717) is 4.90 Å². The SMILES string of the molecule is CC(N)c1cccc(F)c1Sc1nccs1. The Bertz CT molecular complexity index is 469. The van der Waals surface area contributed by atoms with Crippen molar-refractivity contribution in [3.63, 3.8) is 0 Å². The summed E-state index contributed by atoms with van der Waals surface area (Å²) < 4.78 is 14.5. The van der Waals surface area contributed by atoms with Crippen molar-refractivity contribution in [1.29, 1.82) is 0 Å². The van der Waals surface area contributed by atoms with Crippen LogP contribution in [-0.2, 0) is 0 Å². The van der Waals surface area contributed by atoms with Crippen molar-refractivity contribution in [2.24, 2.45) is 5.73 Å². The van der Waals surface area contributed by atoms with Crippen molar-refractivity contribution in [3.05, 3.63) is 41.2 Å². The highest BCUT2D eigenvalue weighted by atomic mass is 32.2. The summed E-state index contributed by atoms with van der Waals surface area (Å²) in [6, 6.07) is 4.80. The maximum atomic E-state index is 13.7. The molecular formula is C11H11FN2S2. The number of thiazole rings is 1. The Morgan fingerprint density at radius 3 is 2.94 bits per heavy atom. The van der Waals surface area contributed by atoms with Gasteiger partial charge in [0, 0.05) is 17.6 Å². The lowest BCUT2D eigenvalue weighted by atomic mass is 10.1. The van der Waals surface area contributed by atoms with Gasteiger partial charge in [0.15, 0.2) is 4.34 Å². The summed E-state index contributed by atoms with van der Waals surface area (Å²) in [5, 5.41) is 1.87. The summed E-state index contributed by atoms with van der Waals surface area (Å²) in [4.78, 5) is 4.70. The maximum absolute atomic E-state index is 13.7. The minimum absolute atomic E-state index is 0.182. The van der Waals surface area contributed by atoms with Gasteiger partial charge in [-0.05, 0) is 18.6 Å². The van der Waals surface area contributed by atoms with Crippen LogP contribution in [0.2, 0.25) is 0 Å². The molecular weight excluding hydrogens is 243 g/mol. The molecule has 1 aromatic heterocycles. The molecule has 2 rings (SSSR count). The predicted molar refractivity (Wildman–Crippen MR) is 65.2 cm³/mol. The van der Waals surface area contributed by atoms with Crippen LogP contribution >= 0.6 is 23.1 Å². The minimum atomic E-state index is -0.241. The van der Waals surface area contributed by atoms with Crippen molar-refractivity contribution in [1.82, 2.24) is 4.98 Å². The van der Waals surface area contributed by atoms with E-state index in [2.05, 4.69) is 4.98 Å². The van der Waals surface area contributed by atoms with Crippen molar-refractivity contribution in [2.75, 3.05) is 0 Å². The summed E-state index contributed by atoms with van der Waals surface area (Å²) in [5.41, 5.74) is 6.63. The van der Waals surface area contributed by atoms with Crippen molar-refractivity contribution in [3.8, 4) is 0 Å². The van der Waals surface area contributed by atoms with Crippen LogP contribution in [0.5, 0.6) is 0 Å². The molecule has 1 heterocycles. The Kier molecular flexibility index (Phi) is 3.58. The molecule has 84 valence electrons. The van der Waals surface area contributed by atoms with Crippen LogP contribution in [0.4, 0.5) is 4.39 Å². The second-order valence-corrected chi connectivity index (χ2v) is 5.50. The smallest absolute Gasteiger partial charge is 0.154 e. The second kappa shape index (κ2) is 4.95. The summed E-state index contributed by atoms with van der Waals surface area (Å²) in [5.74, 6) is -0.241. The van der Waals surface area contributed by atoms with Gasteiger partial charge >= 0.3 is 0 Å². The first kappa shape index (κ1) is 11.6. The van der Waals surface area contributed by atoms with Gasteiger partial charge in [-0.3, -0.25) is 0 Å². The molecule has 16 heavy (non-hydrogen) atoms. The highest BCUT2D eigenvalue weighted by Gasteiger charge is 2.13. The van der Waals surface area contributed by atoms with E-state index in [1.807, 2.05) is 18.4 Å². The zero-order valence-electron chi connectivity index (χ0n) is 8.68. The van der Waals surface area contributed by atoms with Gasteiger partial charge < -0.3 is 5.73 Å². The zero-order chi connectivity index (χ0) is 11.5. The number of nitrogens with two attached hydrogens (primary N) is 1. The lowest BCUT2D eigenvalue weighted by Crippen LogP contribution is -2.07. The minimum Gasteiger partial charge on any atom is -0.324 e. The quantitative estimate of drug-likeness (QED) is 0.911. The third-order valence-electron chi connectivity index (χ3n) is 2.09. The Morgan fingerprint density at radius 1 is 1.50 bits per heavy atom. The van der Waals surface area contributed by atoms with Crippen molar-refractivity contribution < 1.29 is 4.39 Å². The molecule has 0 aliphatic rings. The first-order valence-corrected chi connectivity index (χ1v) is 6.49. The lowest BCUT2D eigenvalue weighted by Gasteiger charge is -2.11. The molecule has 0 bridgehead atoms. The third kappa shape index (κ3) is 2.42. The normalized spacial score (nSPS) is 12.7. The van der Waals surface area contributed by atoms with E-state index in [-0.39, 0.29) is 11.9 Å². The molecule has 5 heteroatoms. The molecule has 0 aliphatic carbocycles. The average molecular weight is 254 g/mol. The number of nitrogens with zero attached hydrogens (tertiary/aromatic N) is 1. The van der Waals surface area contributed by atoms with Crippen LogP contribution in [0.3, 0.4) is 0 Å². The van der Waals surface area contributed by atoms with Crippen LogP contribution in [0.15, 0.2) is 39.0 Å². The Labute approximate surface area is 102 Å². The van der Waals surface area contributed by atoms with Crippen LogP contribution in [-0.4, -0.2) is 4.98 Å². The third-order valence-corrected chi connectivity index (χ3v) is 4.11. The molecule has 2 N–H and O–H groups in total. The number of aromatic nitrogens is 1. The van der Waals surface area contributed by atoms with Crippen LogP contribution in [0.1, 0.15) is 18.5 Å². The predicted octanol–water partition coefficient (Wildman–Crippen LogP) is 3.45. The number of hydrogen-bond donors (Lipinski definition) is 1. The highest BCUT2D eigenvalue weighted by molar-refractivity contribution is 8.01.